The van der Waals surface area contributed by atoms with Crippen LogP contribution in [0.1, 0.15) is 19.4 Å². The molecule has 4 nitrogen and oxygen atoms in total. The van der Waals surface area contributed by atoms with Gasteiger partial charge in [-0.1, -0.05) is 30.3 Å². The van der Waals surface area contributed by atoms with Crippen molar-refractivity contribution in [2.24, 2.45) is 0 Å². The minimum atomic E-state index is -2.90. The molecule has 0 atom stereocenters. The molecule has 0 aromatic heterocycles. The maximum Gasteiger partial charge on any atom is 0.331 e. The summed E-state index contributed by atoms with van der Waals surface area (Å²) >= 11 is 0. The van der Waals surface area contributed by atoms with Gasteiger partial charge < -0.3 is 14.4 Å². The van der Waals surface area contributed by atoms with Gasteiger partial charge in [0.15, 0.2) is 0 Å². The summed E-state index contributed by atoms with van der Waals surface area (Å²) < 4.78 is 22.6. The van der Waals surface area contributed by atoms with Gasteiger partial charge in [-0.15, -0.1) is 0 Å². The van der Waals surface area contributed by atoms with Crippen LogP contribution in [-0.4, -0.2) is 25.9 Å². The van der Waals surface area contributed by atoms with Crippen molar-refractivity contribution in [3.8, 4) is 0 Å². The highest BCUT2D eigenvalue weighted by Gasteiger charge is 2.22. The monoisotopic (exact) mass is 271 g/mol. The minimum Gasteiger partial charge on any atom is -0.312 e. The number of hydrogen-bond donors (Lipinski definition) is 1. The van der Waals surface area contributed by atoms with Gasteiger partial charge in [0.25, 0.3) is 0 Å². The standard InChI is InChI=1S/C13H22NO3P/c1-3-16-18(15,17-4-2)11-10-14-12-13-8-6-5-7-9-13/h5-9,14H,3-4,10-12H2,1-2H3. The molecule has 0 aliphatic carbocycles. The minimum absolute atomic E-state index is 0.404. The van der Waals surface area contributed by atoms with E-state index in [2.05, 4.69) is 17.4 Å². The largest absolute Gasteiger partial charge is 0.331 e. The van der Waals surface area contributed by atoms with E-state index in [0.717, 1.165) is 6.54 Å². The van der Waals surface area contributed by atoms with E-state index in [4.69, 9.17) is 9.05 Å². The summed E-state index contributed by atoms with van der Waals surface area (Å²) in [7, 11) is -2.90. The maximum atomic E-state index is 12.1. The Balaban J connectivity index is 2.29. The Morgan fingerprint density at radius 2 is 1.72 bits per heavy atom. The van der Waals surface area contributed by atoms with Gasteiger partial charge in [0.2, 0.25) is 0 Å². The van der Waals surface area contributed by atoms with Crippen LogP contribution in [0.2, 0.25) is 0 Å². The summed E-state index contributed by atoms with van der Waals surface area (Å²) in [5.74, 6) is 0. The van der Waals surface area contributed by atoms with Crippen LogP contribution in [0, 0.1) is 0 Å². The van der Waals surface area contributed by atoms with E-state index in [1.165, 1.54) is 5.56 Å². The van der Waals surface area contributed by atoms with E-state index < -0.39 is 7.60 Å². The van der Waals surface area contributed by atoms with E-state index in [9.17, 15) is 4.57 Å². The molecule has 1 N–H and O–H groups in total. The lowest BCUT2D eigenvalue weighted by atomic mass is 10.2. The molecule has 1 aromatic rings. The van der Waals surface area contributed by atoms with E-state index >= 15 is 0 Å². The third kappa shape index (κ3) is 5.78. The summed E-state index contributed by atoms with van der Waals surface area (Å²) in [4.78, 5) is 0. The topological polar surface area (TPSA) is 47.6 Å². The number of benzene rings is 1. The molecular formula is C13H22NO3P. The average Bonchev–Trinajstić information content (AvgIpc) is 2.37. The molecule has 1 rings (SSSR count). The van der Waals surface area contributed by atoms with E-state index in [1.54, 1.807) is 0 Å². The van der Waals surface area contributed by atoms with Crippen molar-refractivity contribution in [2.75, 3.05) is 25.9 Å². The Labute approximate surface area is 109 Å². The number of rotatable bonds is 9. The quantitative estimate of drug-likeness (QED) is 0.554. The van der Waals surface area contributed by atoms with Crippen molar-refractivity contribution in [1.29, 1.82) is 0 Å². The summed E-state index contributed by atoms with van der Waals surface area (Å²) in [6, 6.07) is 10.1. The molecule has 0 aliphatic heterocycles. The van der Waals surface area contributed by atoms with Gasteiger partial charge in [-0.25, -0.2) is 0 Å². The SMILES string of the molecule is CCOP(=O)(CCNCc1ccccc1)OCC. The smallest absolute Gasteiger partial charge is 0.312 e. The molecule has 0 amide bonds. The van der Waals surface area contributed by atoms with Gasteiger partial charge >= 0.3 is 7.60 Å². The summed E-state index contributed by atoms with van der Waals surface area (Å²) in [5.41, 5.74) is 1.21. The molecule has 0 saturated heterocycles. The van der Waals surface area contributed by atoms with Gasteiger partial charge in [0.05, 0.1) is 19.4 Å². The molecule has 0 radical (unpaired) electrons. The third-order valence-corrected chi connectivity index (χ3v) is 4.46. The third-order valence-electron chi connectivity index (χ3n) is 2.39. The summed E-state index contributed by atoms with van der Waals surface area (Å²) in [6.45, 7) is 5.85. The van der Waals surface area contributed by atoms with Gasteiger partial charge in [-0.3, -0.25) is 4.57 Å². The van der Waals surface area contributed by atoms with Crippen LogP contribution in [0.5, 0.6) is 0 Å². The van der Waals surface area contributed by atoms with Crippen molar-refractivity contribution in [2.45, 2.75) is 20.4 Å². The van der Waals surface area contributed by atoms with Crippen LogP contribution < -0.4 is 5.32 Å². The highest BCUT2D eigenvalue weighted by atomic mass is 31.2. The van der Waals surface area contributed by atoms with E-state index in [1.807, 2.05) is 32.0 Å². The molecule has 0 aliphatic rings. The zero-order valence-corrected chi connectivity index (χ0v) is 12.0. The zero-order valence-electron chi connectivity index (χ0n) is 11.1. The van der Waals surface area contributed by atoms with E-state index in [-0.39, 0.29) is 0 Å². The van der Waals surface area contributed by atoms with Gasteiger partial charge in [-0.2, -0.15) is 0 Å². The van der Waals surface area contributed by atoms with Crippen LogP contribution >= 0.6 is 7.60 Å². The molecule has 1 aromatic carbocycles. The van der Waals surface area contributed by atoms with Crippen LogP contribution in [0.15, 0.2) is 30.3 Å². The van der Waals surface area contributed by atoms with Crippen LogP contribution in [0.3, 0.4) is 0 Å². The van der Waals surface area contributed by atoms with Crippen molar-refractivity contribution >= 4 is 7.60 Å². The fourth-order valence-electron chi connectivity index (χ4n) is 1.60. The van der Waals surface area contributed by atoms with Crippen molar-refractivity contribution < 1.29 is 13.6 Å². The lowest BCUT2D eigenvalue weighted by molar-refractivity contribution is 0.220. The highest BCUT2D eigenvalue weighted by molar-refractivity contribution is 7.53. The first-order valence-electron chi connectivity index (χ1n) is 6.33. The second-order valence-corrected chi connectivity index (χ2v) is 6.02. The number of nitrogens with one attached hydrogen (secondary N) is 1. The fraction of sp³-hybridized carbons (Fsp3) is 0.538. The van der Waals surface area contributed by atoms with Gasteiger partial charge in [-0.05, 0) is 19.4 Å². The molecule has 0 unspecified atom stereocenters. The predicted octanol–water partition coefficient (Wildman–Crippen LogP) is 3.04. The Bertz CT molecular complexity index is 360. The van der Waals surface area contributed by atoms with Gasteiger partial charge in [0.1, 0.15) is 0 Å². The van der Waals surface area contributed by atoms with Crippen molar-refractivity contribution in [3.63, 3.8) is 0 Å². The Morgan fingerprint density at radius 3 is 2.28 bits per heavy atom. The summed E-state index contributed by atoms with van der Waals surface area (Å²) in [6.07, 6.45) is 0.404. The Morgan fingerprint density at radius 1 is 1.11 bits per heavy atom. The lowest BCUT2D eigenvalue weighted by Crippen LogP contribution is -2.19. The van der Waals surface area contributed by atoms with Crippen molar-refractivity contribution in [1.82, 2.24) is 5.32 Å². The normalized spacial score (nSPS) is 11.7. The lowest BCUT2D eigenvalue weighted by Gasteiger charge is -2.17. The summed E-state index contributed by atoms with van der Waals surface area (Å²) in [5, 5.41) is 3.24. The van der Waals surface area contributed by atoms with E-state index in [0.29, 0.717) is 25.9 Å². The van der Waals surface area contributed by atoms with Crippen LogP contribution in [0.4, 0.5) is 0 Å². The fourth-order valence-corrected chi connectivity index (χ4v) is 3.16. The Kier molecular flexibility index (Phi) is 7.21. The first-order chi connectivity index (χ1) is 8.70. The molecule has 18 heavy (non-hydrogen) atoms. The van der Waals surface area contributed by atoms with Crippen LogP contribution in [-0.2, 0) is 20.2 Å². The highest BCUT2D eigenvalue weighted by Crippen LogP contribution is 2.47. The first kappa shape index (κ1) is 15.4. The maximum absolute atomic E-state index is 12.1. The molecule has 0 bridgehead atoms. The molecule has 5 heteroatoms. The molecule has 102 valence electrons. The predicted molar refractivity (Wildman–Crippen MR) is 73.9 cm³/mol. The number of hydrogen-bond acceptors (Lipinski definition) is 4. The molecule has 0 fully saturated rings. The van der Waals surface area contributed by atoms with Crippen LogP contribution in [0.25, 0.3) is 0 Å². The second-order valence-electron chi connectivity index (χ2n) is 3.83. The zero-order chi connectivity index (χ0) is 13.3. The molecule has 0 saturated carbocycles. The molecular weight excluding hydrogens is 249 g/mol. The molecule has 0 heterocycles. The second kappa shape index (κ2) is 8.44. The first-order valence-corrected chi connectivity index (χ1v) is 8.05. The Hall–Kier alpha value is -0.670. The average molecular weight is 271 g/mol. The van der Waals surface area contributed by atoms with Crippen molar-refractivity contribution in [3.05, 3.63) is 35.9 Å². The molecule has 0 spiro atoms. The van der Waals surface area contributed by atoms with Gasteiger partial charge in [0, 0.05) is 13.1 Å².